The van der Waals surface area contributed by atoms with E-state index >= 15 is 0 Å². The Bertz CT molecular complexity index is 662. The standard InChI is InChI=1S/C18H28FNO5S/c1-14(20-26(21,22)11-5-10-24-13-23-2)15-8-9-17(19)18(12-15)25-16-6-3-4-7-16/h8-9,12,14,16,20H,3-7,10-11,13H2,1-2H3/t14-/m1/s1. The molecule has 1 aliphatic rings. The van der Waals surface area contributed by atoms with Crippen molar-refractivity contribution < 1.29 is 27.0 Å². The Kier molecular flexibility index (Phi) is 8.27. The molecule has 1 atom stereocenters. The smallest absolute Gasteiger partial charge is 0.212 e. The van der Waals surface area contributed by atoms with Gasteiger partial charge in [0.05, 0.1) is 18.5 Å². The van der Waals surface area contributed by atoms with Crippen LogP contribution in [0.15, 0.2) is 18.2 Å². The monoisotopic (exact) mass is 389 g/mol. The maximum atomic E-state index is 14.0. The summed E-state index contributed by atoms with van der Waals surface area (Å²) in [6, 6.07) is 4.00. The number of nitrogens with one attached hydrogen (secondary N) is 1. The predicted molar refractivity (Wildman–Crippen MR) is 97.1 cm³/mol. The second-order valence-corrected chi connectivity index (χ2v) is 8.41. The minimum Gasteiger partial charge on any atom is -0.487 e. The molecule has 8 heteroatoms. The molecule has 0 aromatic heterocycles. The largest absolute Gasteiger partial charge is 0.487 e. The first-order chi connectivity index (χ1) is 12.4. The number of methoxy groups -OCH3 is 1. The Morgan fingerprint density at radius 3 is 2.73 bits per heavy atom. The van der Waals surface area contributed by atoms with Crippen molar-refractivity contribution in [2.75, 3.05) is 26.3 Å². The number of ether oxygens (including phenoxy) is 3. The van der Waals surface area contributed by atoms with Crippen molar-refractivity contribution in [3.05, 3.63) is 29.6 Å². The maximum Gasteiger partial charge on any atom is 0.212 e. The molecular weight excluding hydrogens is 361 g/mol. The van der Waals surface area contributed by atoms with Crippen molar-refractivity contribution in [1.82, 2.24) is 4.72 Å². The van der Waals surface area contributed by atoms with Gasteiger partial charge in [0.15, 0.2) is 11.6 Å². The summed E-state index contributed by atoms with van der Waals surface area (Å²) in [6.45, 7) is 2.17. The van der Waals surface area contributed by atoms with E-state index in [4.69, 9.17) is 14.2 Å². The van der Waals surface area contributed by atoms with Crippen LogP contribution < -0.4 is 9.46 Å². The lowest BCUT2D eigenvalue weighted by atomic mass is 10.1. The van der Waals surface area contributed by atoms with Crippen LogP contribution in [0.25, 0.3) is 0 Å². The van der Waals surface area contributed by atoms with E-state index in [2.05, 4.69) is 4.72 Å². The number of rotatable bonds is 11. The van der Waals surface area contributed by atoms with Crippen molar-refractivity contribution in [3.63, 3.8) is 0 Å². The Labute approximate surface area is 155 Å². The summed E-state index contributed by atoms with van der Waals surface area (Å²) in [5.41, 5.74) is 0.665. The number of hydrogen-bond acceptors (Lipinski definition) is 5. The second-order valence-electron chi connectivity index (χ2n) is 6.54. The van der Waals surface area contributed by atoms with E-state index in [0.29, 0.717) is 18.6 Å². The Hall–Kier alpha value is -1.22. The zero-order valence-corrected chi connectivity index (χ0v) is 16.2. The third-order valence-electron chi connectivity index (χ3n) is 4.31. The van der Waals surface area contributed by atoms with Crippen LogP contribution in [0, 0.1) is 5.82 Å². The van der Waals surface area contributed by atoms with Crippen LogP contribution in [0.4, 0.5) is 4.39 Å². The minimum atomic E-state index is -3.47. The summed E-state index contributed by atoms with van der Waals surface area (Å²) >= 11 is 0. The summed E-state index contributed by atoms with van der Waals surface area (Å²) in [5.74, 6) is -0.285. The van der Waals surface area contributed by atoms with Gasteiger partial charge in [-0.05, 0) is 56.7 Å². The second kappa shape index (κ2) is 10.2. The zero-order valence-electron chi connectivity index (χ0n) is 15.4. The quantitative estimate of drug-likeness (QED) is 0.465. The average molecular weight is 389 g/mol. The van der Waals surface area contributed by atoms with Crippen molar-refractivity contribution >= 4 is 10.0 Å². The Balaban J connectivity index is 1.92. The number of benzene rings is 1. The predicted octanol–water partition coefficient (Wildman–Crippen LogP) is 3.14. The van der Waals surface area contributed by atoms with E-state index in [9.17, 15) is 12.8 Å². The van der Waals surface area contributed by atoms with E-state index in [1.54, 1.807) is 19.1 Å². The molecule has 0 saturated heterocycles. The van der Waals surface area contributed by atoms with Crippen LogP contribution in [-0.2, 0) is 19.5 Å². The lowest BCUT2D eigenvalue weighted by Crippen LogP contribution is -2.29. The van der Waals surface area contributed by atoms with Gasteiger partial charge in [0.25, 0.3) is 0 Å². The van der Waals surface area contributed by atoms with Gasteiger partial charge >= 0.3 is 0 Å². The fourth-order valence-corrected chi connectivity index (χ4v) is 4.25. The zero-order chi connectivity index (χ0) is 19.0. The molecule has 0 spiro atoms. The summed E-state index contributed by atoms with van der Waals surface area (Å²) in [4.78, 5) is 0. The summed E-state index contributed by atoms with van der Waals surface area (Å²) in [6.07, 6.45) is 4.45. The van der Waals surface area contributed by atoms with Gasteiger partial charge in [-0.1, -0.05) is 6.07 Å². The molecule has 1 fully saturated rings. The highest BCUT2D eigenvalue weighted by Crippen LogP contribution is 2.28. The van der Waals surface area contributed by atoms with Crippen LogP contribution in [0.5, 0.6) is 5.75 Å². The summed E-state index contributed by atoms with van der Waals surface area (Å²) < 4.78 is 56.5. The van der Waals surface area contributed by atoms with Gasteiger partial charge in [0, 0.05) is 13.2 Å². The van der Waals surface area contributed by atoms with E-state index in [1.807, 2.05) is 0 Å². The van der Waals surface area contributed by atoms with Crippen molar-refractivity contribution in [2.24, 2.45) is 0 Å². The Morgan fingerprint density at radius 1 is 1.31 bits per heavy atom. The molecule has 0 radical (unpaired) electrons. The molecule has 0 heterocycles. The molecule has 1 aromatic carbocycles. The van der Waals surface area contributed by atoms with Crippen LogP contribution in [0.3, 0.4) is 0 Å². The maximum absolute atomic E-state index is 14.0. The molecule has 0 aliphatic heterocycles. The SMILES string of the molecule is COCOCCCS(=O)(=O)N[C@H](C)c1ccc(F)c(OC2CCCC2)c1. The van der Waals surface area contributed by atoms with Gasteiger partial charge in [-0.15, -0.1) is 0 Å². The molecule has 6 nitrogen and oxygen atoms in total. The number of halogens is 1. The van der Waals surface area contributed by atoms with Gasteiger partial charge in [0.1, 0.15) is 6.79 Å². The minimum absolute atomic E-state index is 0.0406. The first-order valence-electron chi connectivity index (χ1n) is 8.94. The molecule has 2 rings (SSSR count). The summed E-state index contributed by atoms with van der Waals surface area (Å²) in [7, 11) is -1.96. The van der Waals surface area contributed by atoms with Gasteiger partial charge in [-0.2, -0.15) is 0 Å². The number of sulfonamides is 1. The van der Waals surface area contributed by atoms with Crippen molar-refractivity contribution in [2.45, 2.75) is 51.2 Å². The topological polar surface area (TPSA) is 73.9 Å². The number of hydrogen-bond donors (Lipinski definition) is 1. The molecule has 0 amide bonds. The van der Waals surface area contributed by atoms with Crippen molar-refractivity contribution in [3.8, 4) is 5.75 Å². The highest BCUT2D eigenvalue weighted by atomic mass is 32.2. The fraction of sp³-hybridized carbons (Fsp3) is 0.667. The van der Waals surface area contributed by atoms with Gasteiger partial charge in [-0.3, -0.25) is 0 Å². The molecule has 1 aliphatic carbocycles. The van der Waals surface area contributed by atoms with Gasteiger partial charge < -0.3 is 14.2 Å². The molecule has 26 heavy (non-hydrogen) atoms. The van der Waals surface area contributed by atoms with Crippen molar-refractivity contribution in [1.29, 1.82) is 0 Å². The molecule has 148 valence electrons. The normalized spacial score (nSPS) is 16.7. The van der Waals surface area contributed by atoms with Crippen LogP contribution in [0.1, 0.15) is 50.6 Å². The fourth-order valence-electron chi connectivity index (χ4n) is 2.95. The van der Waals surface area contributed by atoms with Crippen LogP contribution >= 0.6 is 0 Å². The molecule has 1 aromatic rings. The lowest BCUT2D eigenvalue weighted by Gasteiger charge is -2.18. The molecule has 0 unspecified atom stereocenters. The van der Waals surface area contributed by atoms with E-state index in [1.165, 1.54) is 13.2 Å². The van der Waals surface area contributed by atoms with Gasteiger partial charge in [-0.25, -0.2) is 17.5 Å². The highest BCUT2D eigenvalue weighted by Gasteiger charge is 2.20. The van der Waals surface area contributed by atoms with E-state index < -0.39 is 21.9 Å². The van der Waals surface area contributed by atoms with Crippen LogP contribution in [-0.4, -0.2) is 40.8 Å². The molecule has 1 saturated carbocycles. The van der Waals surface area contributed by atoms with E-state index in [-0.39, 0.29) is 24.4 Å². The van der Waals surface area contributed by atoms with Crippen LogP contribution in [0.2, 0.25) is 0 Å². The Morgan fingerprint density at radius 2 is 2.04 bits per heavy atom. The summed E-state index contributed by atoms with van der Waals surface area (Å²) in [5, 5.41) is 0. The molecule has 1 N–H and O–H groups in total. The first kappa shape index (κ1) is 21.1. The third-order valence-corrected chi connectivity index (χ3v) is 5.85. The average Bonchev–Trinajstić information content (AvgIpc) is 3.09. The van der Waals surface area contributed by atoms with Gasteiger partial charge in [0.2, 0.25) is 10.0 Å². The first-order valence-corrected chi connectivity index (χ1v) is 10.6. The molecule has 0 bridgehead atoms. The molecular formula is C18H28FNO5S. The third kappa shape index (κ3) is 6.83. The van der Waals surface area contributed by atoms with E-state index in [0.717, 1.165) is 25.7 Å². The lowest BCUT2D eigenvalue weighted by molar-refractivity contribution is -0.0298. The highest BCUT2D eigenvalue weighted by molar-refractivity contribution is 7.89.